The van der Waals surface area contributed by atoms with E-state index in [0.717, 1.165) is 54.1 Å². The van der Waals surface area contributed by atoms with Gasteiger partial charge in [-0.25, -0.2) is 4.98 Å². The average Bonchev–Trinajstić information content (AvgIpc) is 3.67. The summed E-state index contributed by atoms with van der Waals surface area (Å²) in [4.78, 5) is 22.6. The van der Waals surface area contributed by atoms with Crippen molar-refractivity contribution >= 4 is 11.7 Å². The topological polar surface area (TPSA) is 69.5 Å². The van der Waals surface area contributed by atoms with Crippen LogP contribution >= 0.6 is 0 Å². The van der Waals surface area contributed by atoms with Crippen LogP contribution in [-0.2, 0) is 22.6 Å². The second kappa shape index (κ2) is 7.73. The maximum Gasteiger partial charge on any atom is 0.226 e. The number of hydrogen-bond donors (Lipinski definition) is 0. The van der Waals surface area contributed by atoms with E-state index in [1.807, 2.05) is 0 Å². The summed E-state index contributed by atoms with van der Waals surface area (Å²) in [6, 6.07) is 2.67. The molecule has 6 heteroatoms. The molecule has 0 spiro atoms. The Bertz CT molecular complexity index is 975. The van der Waals surface area contributed by atoms with Gasteiger partial charge in [0.2, 0.25) is 5.91 Å². The van der Waals surface area contributed by atoms with Crippen LogP contribution in [0.4, 0.5) is 5.82 Å². The van der Waals surface area contributed by atoms with Gasteiger partial charge in [0.1, 0.15) is 11.9 Å². The fourth-order valence-electron chi connectivity index (χ4n) is 5.54. The number of amides is 1. The summed E-state index contributed by atoms with van der Waals surface area (Å²) < 4.78 is 6.11. The van der Waals surface area contributed by atoms with Gasteiger partial charge in [0.15, 0.2) is 0 Å². The lowest BCUT2D eigenvalue weighted by Gasteiger charge is -2.45. The molecule has 2 saturated carbocycles. The normalized spacial score (nSPS) is 29.0. The van der Waals surface area contributed by atoms with Crippen LogP contribution in [0.15, 0.2) is 0 Å². The van der Waals surface area contributed by atoms with Gasteiger partial charge in [-0.2, -0.15) is 5.26 Å². The lowest BCUT2D eigenvalue weighted by molar-refractivity contribution is -0.136. The number of ether oxygens (including phenoxy) is 1. The number of nitriles is 1. The zero-order valence-corrected chi connectivity index (χ0v) is 20.1. The average molecular weight is 437 g/mol. The Kier molecular flexibility index (Phi) is 5.24. The van der Waals surface area contributed by atoms with E-state index in [0.29, 0.717) is 36.8 Å². The maximum absolute atomic E-state index is 13.1. The van der Waals surface area contributed by atoms with Crippen molar-refractivity contribution in [3.63, 3.8) is 0 Å². The predicted octanol–water partition coefficient (Wildman–Crippen LogP) is 4.01. The number of carbonyl (C=O) groups is 1. The van der Waals surface area contributed by atoms with E-state index in [4.69, 9.17) is 9.72 Å². The Morgan fingerprint density at radius 3 is 2.56 bits per heavy atom. The molecule has 1 aromatic heterocycles. The molecule has 1 saturated heterocycles. The molecular weight excluding hydrogens is 400 g/mol. The molecule has 3 heterocycles. The first-order valence-corrected chi connectivity index (χ1v) is 12.3. The van der Waals surface area contributed by atoms with Crippen molar-refractivity contribution in [1.29, 1.82) is 5.26 Å². The van der Waals surface area contributed by atoms with Crippen LogP contribution in [0.2, 0.25) is 0 Å². The third-order valence-electron chi connectivity index (χ3n) is 7.91. The van der Waals surface area contributed by atoms with Gasteiger partial charge in [-0.15, -0.1) is 0 Å². The van der Waals surface area contributed by atoms with Crippen molar-refractivity contribution in [2.45, 2.75) is 84.5 Å². The van der Waals surface area contributed by atoms with Gasteiger partial charge >= 0.3 is 0 Å². The van der Waals surface area contributed by atoms with E-state index in [-0.39, 0.29) is 17.6 Å². The second-order valence-corrected chi connectivity index (χ2v) is 11.4. The highest BCUT2D eigenvalue weighted by Gasteiger charge is 2.45. The number of piperazine rings is 1. The fraction of sp³-hybridized carbons (Fsp3) is 0.731. The number of aromatic nitrogens is 1. The molecule has 3 atom stereocenters. The standard InChI is InChI=1S/C26H36N4O2/c1-15(2)22-13-29(8-9-30(22)25(31)18-10-16(18)3)24-20(12-27)19-11-26(4,5)32-14-21(19)23(28-24)17-6-7-17/h15-18,22H,6-11,13-14H2,1-5H3/t16-,18-,22+/m1/s1. The predicted molar refractivity (Wildman–Crippen MR) is 123 cm³/mol. The molecule has 0 N–H and O–H groups in total. The molecule has 32 heavy (non-hydrogen) atoms. The van der Waals surface area contributed by atoms with Crippen LogP contribution < -0.4 is 4.90 Å². The van der Waals surface area contributed by atoms with Crippen LogP contribution in [0.25, 0.3) is 0 Å². The Labute approximate surface area is 191 Å². The first kappa shape index (κ1) is 21.7. The lowest BCUT2D eigenvalue weighted by Crippen LogP contribution is -2.58. The minimum atomic E-state index is -0.273. The van der Waals surface area contributed by atoms with E-state index in [2.05, 4.69) is 50.5 Å². The van der Waals surface area contributed by atoms with Crippen LogP contribution in [-0.4, -0.2) is 47.1 Å². The summed E-state index contributed by atoms with van der Waals surface area (Å²) in [5.41, 5.74) is 3.89. The Morgan fingerprint density at radius 2 is 1.97 bits per heavy atom. The van der Waals surface area contributed by atoms with Gasteiger partial charge < -0.3 is 14.5 Å². The van der Waals surface area contributed by atoms with Gasteiger partial charge in [0.05, 0.1) is 29.5 Å². The summed E-state index contributed by atoms with van der Waals surface area (Å²) in [5, 5.41) is 10.2. The van der Waals surface area contributed by atoms with Crippen LogP contribution in [0, 0.1) is 29.1 Å². The first-order chi connectivity index (χ1) is 15.2. The van der Waals surface area contributed by atoms with Crippen molar-refractivity contribution in [3.8, 4) is 6.07 Å². The molecule has 2 aliphatic carbocycles. The Balaban J connectivity index is 1.50. The van der Waals surface area contributed by atoms with Gasteiger partial charge in [0, 0.05) is 43.5 Å². The second-order valence-electron chi connectivity index (χ2n) is 11.4. The van der Waals surface area contributed by atoms with Crippen molar-refractivity contribution in [1.82, 2.24) is 9.88 Å². The van der Waals surface area contributed by atoms with Crippen molar-refractivity contribution in [2.24, 2.45) is 17.8 Å². The van der Waals surface area contributed by atoms with E-state index < -0.39 is 0 Å². The Hall–Kier alpha value is -2.13. The number of anilines is 1. The van der Waals surface area contributed by atoms with E-state index in [1.165, 1.54) is 12.8 Å². The van der Waals surface area contributed by atoms with Gasteiger partial charge in [-0.05, 0) is 50.5 Å². The molecule has 0 aromatic carbocycles. The molecule has 3 fully saturated rings. The van der Waals surface area contributed by atoms with Crippen LogP contribution in [0.5, 0.6) is 0 Å². The number of pyridine rings is 1. The molecule has 5 rings (SSSR count). The number of nitrogens with zero attached hydrogens (tertiary/aromatic N) is 4. The smallest absolute Gasteiger partial charge is 0.226 e. The summed E-state index contributed by atoms with van der Waals surface area (Å²) in [6.45, 7) is 13.5. The molecule has 0 unspecified atom stereocenters. The monoisotopic (exact) mass is 436 g/mol. The molecular formula is C26H36N4O2. The number of carbonyl (C=O) groups excluding carboxylic acids is 1. The highest BCUT2D eigenvalue weighted by Crippen LogP contribution is 2.46. The molecule has 0 radical (unpaired) electrons. The molecule has 1 amide bonds. The summed E-state index contributed by atoms with van der Waals surface area (Å²) >= 11 is 0. The van der Waals surface area contributed by atoms with E-state index >= 15 is 0 Å². The molecule has 0 bridgehead atoms. The summed E-state index contributed by atoms with van der Waals surface area (Å²) in [5.74, 6) is 2.75. The highest BCUT2D eigenvalue weighted by molar-refractivity contribution is 5.82. The Morgan fingerprint density at radius 1 is 1.25 bits per heavy atom. The van der Waals surface area contributed by atoms with Gasteiger partial charge in [-0.3, -0.25) is 4.79 Å². The largest absolute Gasteiger partial charge is 0.370 e. The van der Waals surface area contributed by atoms with Crippen LogP contribution in [0.3, 0.4) is 0 Å². The third-order valence-corrected chi connectivity index (χ3v) is 7.91. The fourth-order valence-corrected chi connectivity index (χ4v) is 5.54. The SMILES string of the molecule is CC(C)[C@@H]1CN(c2nc(C3CC3)c3c(c2C#N)CC(C)(C)OC3)CCN1C(=O)[C@@H]1C[C@H]1C. The number of rotatable bonds is 4. The number of hydrogen-bond acceptors (Lipinski definition) is 5. The minimum absolute atomic E-state index is 0.151. The van der Waals surface area contributed by atoms with Gasteiger partial charge in [-0.1, -0.05) is 20.8 Å². The molecule has 4 aliphatic rings. The third kappa shape index (κ3) is 3.79. The summed E-state index contributed by atoms with van der Waals surface area (Å²) in [6.07, 6.45) is 4.11. The van der Waals surface area contributed by atoms with Crippen LogP contribution in [0.1, 0.15) is 82.2 Å². The molecule has 2 aliphatic heterocycles. The zero-order valence-electron chi connectivity index (χ0n) is 20.1. The number of fused-ring (bicyclic) bond motifs is 1. The zero-order chi connectivity index (χ0) is 22.8. The lowest BCUT2D eigenvalue weighted by atomic mass is 9.87. The maximum atomic E-state index is 13.1. The first-order valence-electron chi connectivity index (χ1n) is 12.3. The molecule has 172 valence electrons. The minimum Gasteiger partial charge on any atom is -0.370 e. The quantitative estimate of drug-likeness (QED) is 0.713. The van der Waals surface area contributed by atoms with Crippen molar-refractivity contribution < 1.29 is 9.53 Å². The van der Waals surface area contributed by atoms with Crippen molar-refractivity contribution in [3.05, 3.63) is 22.4 Å². The van der Waals surface area contributed by atoms with Crippen molar-refractivity contribution in [2.75, 3.05) is 24.5 Å². The van der Waals surface area contributed by atoms with Gasteiger partial charge in [0.25, 0.3) is 0 Å². The molecule has 6 nitrogen and oxygen atoms in total. The van der Waals surface area contributed by atoms with E-state index in [9.17, 15) is 10.1 Å². The van der Waals surface area contributed by atoms with E-state index in [1.54, 1.807) is 0 Å². The highest BCUT2D eigenvalue weighted by atomic mass is 16.5. The summed E-state index contributed by atoms with van der Waals surface area (Å²) in [7, 11) is 0. The molecule has 1 aromatic rings.